The van der Waals surface area contributed by atoms with Crippen molar-refractivity contribution in [2.75, 3.05) is 26.2 Å². The maximum atomic E-state index is 6.31. The monoisotopic (exact) mass is 258 g/mol. The summed E-state index contributed by atoms with van der Waals surface area (Å²) >= 11 is 0. The molecule has 0 spiro atoms. The van der Waals surface area contributed by atoms with Gasteiger partial charge in [0.05, 0.1) is 0 Å². The summed E-state index contributed by atoms with van der Waals surface area (Å²) in [6, 6.07) is 1.11. The zero-order chi connectivity index (χ0) is 13.3. The molecular formula is C13H30N2OSi. The molecular weight excluding hydrogens is 228 g/mol. The lowest BCUT2D eigenvalue weighted by Crippen LogP contribution is -2.51. The zero-order valence-electron chi connectivity index (χ0n) is 12.3. The Hall–Kier alpha value is -0.163. The summed E-state index contributed by atoms with van der Waals surface area (Å²) in [5.74, 6) is 0. The number of rotatable bonds is 10. The molecule has 0 aromatic rings. The summed E-state index contributed by atoms with van der Waals surface area (Å²) in [4.78, 5) is 4.76. The molecule has 17 heavy (non-hydrogen) atoms. The van der Waals surface area contributed by atoms with Crippen LogP contribution in [-0.4, -0.2) is 51.4 Å². The maximum Gasteiger partial charge on any atom is 0.204 e. The minimum absolute atomic E-state index is 0.134. The van der Waals surface area contributed by atoms with Gasteiger partial charge in [0.1, 0.15) is 0 Å². The van der Waals surface area contributed by atoms with Crippen LogP contribution in [0.15, 0.2) is 12.3 Å². The van der Waals surface area contributed by atoms with E-state index in [4.69, 9.17) is 4.43 Å². The molecule has 3 nitrogen and oxygen atoms in total. The molecule has 102 valence electrons. The Morgan fingerprint density at radius 2 is 1.41 bits per heavy atom. The second-order valence-corrected chi connectivity index (χ2v) is 6.72. The lowest BCUT2D eigenvalue weighted by Gasteiger charge is -2.39. The van der Waals surface area contributed by atoms with Gasteiger partial charge in [0.2, 0.25) is 9.04 Å². The molecule has 0 fully saturated rings. The molecule has 0 aromatic carbocycles. The van der Waals surface area contributed by atoms with Crippen LogP contribution >= 0.6 is 0 Å². The van der Waals surface area contributed by atoms with Crippen molar-refractivity contribution in [2.45, 2.75) is 47.0 Å². The van der Waals surface area contributed by atoms with Crippen LogP contribution in [0.3, 0.4) is 0 Å². The van der Waals surface area contributed by atoms with Crippen molar-refractivity contribution < 1.29 is 4.43 Å². The van der Waals surface area contributed by atoms with Crippen molar-refractivity contribution in [1.82, 2.24) is 9.80 Å². The van der Waals surface area contributed by atoms with Gasteiger partial charge in [0.25, 0.3) is 0 Å². The molecule has 0 rings (SSSR count). The molecule has 0 aliphatic carbocycles. The maximum absolute atomic E-state index is 6.31. The average Bonchev–Trinajstić information content (AvgIpc) is 2.37. The normalized spacial score (nSPS) is 13.6. The Morgan fingerprint density at radius 3 is 1.65 bits per heavy atom. The SMILES string of the molecule is C=C[SiH](CC)OC(N(CC)CC)N(CC)CC. The molecule has 0 saturated heterocycles. The molecule has 0 heterocycles. The van der Waals surface area contributed by atoms with Crippen LogP contribution < -0.4 is 0 Å². The highest BCUT2D eigenvalue weighted by Crippen LogP contribution is 2.11. The molecule has 0 aromatic heterocycles. The van der Waals surface area contributed by atoms with E-state index < -0.39 is 9.04 Å². The first-order valence-electron chi connectivity index (χ1n) is 6.94. The summed E-state index contributed by atoms with van der Waals surface area (Å²) in [5.41, 5.74) is 2.04. The van der Waals surface area contributed by atoms with E-state index in [0.29, 0.717) is 0 Å². The van der Waals surface area contributed by atoms with Crippen molar-refractivity contribution in [1.29, 1.82) is 0 Å². The summed E-state index contributed by atoms with van der Waals surface area (Å²) in [7, 11) is -1.24. The summed E-state index contributed by atoms with van der Waals surface area (Å²) < 4.78 is 6.31. The van der Waals surface area contributed by atoms with Gasteiger partial charge in [-0.15, -0.1) is 6.58 Å². The predicted octanol–water partition coefficient (Wildman–Crippen LogP) is 2.44. The molecule has 0 saturated carbocycles. The fraction of sp³-hybridized carbons (Fsp3) is 0.846. The minimum Gasteiger partial charge on any atom is -0.389 e. The largest absolute Gasteiger partial charge is 0.389 e. The Kier molecular flexibility index (Phi) is 9.73. The molecule has 0 radical (unpaired) electrons. The third-order valence-electron chi connectivity index (χ3n) is 3.21. The van der Waals surface area contributed by atoms with Crippen LogP contribution in [0, 0.1) is 0 Å². The van der Waals surface area contributed by atoms with E-state index in [9.17, 15) is 0 Å². The minimum atomic E-state index is -1.24. The number of nitrogens with zero attached hydrogens (tertiary/aromatic N) is 2. The van der Waals surface area contributed by atoms with Crippen LogP contribution in [0.5, 0.6) is 0 Å². The molecule has 0 bridgehead atoms. The summed E-state index contributed by atoms with van der Waals surface area (Å²) in [6.45, 7) is 19.0. The second-order valence-electron chi connectivity index (χ2n) is 4.09. The molecule has 0 amide bonds. The van der Waals surface area contributed by atoms with E-state index >= 15 is 0 Å². The van der Waals surface area contributed by atoms with Crippen molar-refractivity contribution in [2.24, 2.45) is 0 Å². The van der Waals surface area contributed by atoms with E-state index in [-0.39, 0.29) is 6.35 Å². The molecule has 1 atom stereocenters. The van der Waals surface area contributed by atoms with Crippen molar-refractivity contribution >= 4 is 9.04 Å². The van der Waals surface area contributed by atoms with Gasteiger partial charge in [-0.2, -0.15) is 0 Å². The van der Waals surface area contributed by atoms with Crippen LogP contribution in [0.1, 0.15) is 34.6 Å². The molecule has 1 unspecified atom stereocenters. The Labute approximate surface area is 109 Å². The fourth-order valence-electron chi connectivity index (χ4n) is 1.95. The zero-order valence-corrected chi connectivity index (χ0v) is 13.4. The van der Waals surface area contributed by atoms with E-state index in [2.05, 4.69) is 51.0 Å². The quantitative estimate of drug-likeness (QED) is 0.442. The smallest absolute Gasteiger partial charge is 0.204 e. The first-order chi connectivity index (χ1) is 8.18. The highest BCUT2D eigenvalue weighted by atomic mass is 28.3. The van der Waals surface area contributed by atoms with Gasteiger partial charge in [0, 0.05) is 0 Å². The van der Waals surface area contributed by atoms with Crippen molar-refractivity contribution in [3.8, 4) is 0 Å². The summed E-state index contributed by atoms with van der Waals surface area (Å²) in [6.07, 6.45) is 0.134. The topological polar surface area (TPSA) is 15.7 Å². The average molecular weight is 258 g/mol. The predicted molar refractivity (Wildman–Crippen MR) is 78.5 cm³/mol. The van der Waals surface area contributed by atoms with Gasteiger partial charge in [-0.1, -0.05) is 40.3 Å². The lowest BCUT2D eigenvalue weighted by molar-refractivity contribution is -0.0870. The standard InChI is InChI=1S/C13H30N2OSi/c1-7-14(8-2)13(15(9-3)10-4)16-17(11-5)12-6/h11,13,17H,5,7-10,12H2,1-4,6H3. The van der Waals surface area contributed by atoms with Crippen molar-refractivity contribution in [3.05, 3.63) is 12.3 Å². The van der Waals surface area contributed by atoms with E-state index in [1.165, 1.54) is 0 Å². The third-order valence-corrected chi connectivity index (χ3v) is 5.13. The van der Waals surface area contributed by atoms with Gasteiger partial charge in [-0.3, -0.25) is 9.80 Å². The van der Waals surface area contributed by atoms with Gasteiger partial charge >= 0.3 is 0 Å². The van der Waals surface area contributed by atoms with E-state index in [1.54, 1.807) is 0 Å². The molecule has 0 aliphatic heterocycles. The molecule has 0 N–H and O–H groups in total. The van der Waals surface area contributed by atoms with Crippen LogP contribution in [0.25, 0.3) is 0 Å². The first kappa shape index (κ1) is 16.8. The van der Waals surface area contributed by atoms with Gasteiger partial charge in [0.15, 0.2) is 6.35 Å². The highest BCUT2D eigenvalue weighted by molar-refractivity contribution is 6.57. The van der Waals surface area contributed by atoms with Gasteiger partial charge < -0.3 is 4.43 Å². The van der Waals surface area contributed by atoms with Crippen molar-refractivity contribution in [3.63, 3.8) is 0 Å². The Bertz CT molecular complexity index is 182. The highest BCUT2D eigenvalue weighted by Gasteiger charge is 2.24. The second kappa shape index (κ2) is 9.83. The van der Waals surface area contributed by atoms with Crippen LogP contribution in [0.2, 0.25) is 6.04 Å². The van der Waals surface area contributed by atoms with Crippen LogP contribution in [-0.2, 0) is 4.43 Å². The Balaban J connectivity index is 4.74. The van der Waals surface area contributed by atoms with Crippen LogP contribution in [0.4, 0.5) is 0 Å². The Morgan fingerprint density at radius 1 is 1.00 bits per heavy atom. The first-order valence-corrected chi connectivity index (χ1v) is 8.89. The lowest BCUT2D eigenvalue weighted by atomic mass is 10.4. The van der Waals surface area contributed by atoms with Gasteiger partial charge in [-0.25, -0.2) is 0 Å². The summed E-state index contributed by atoms with van der Waals surface area (Å²) in [5, 5.41) is 0. The number of hydrogen-bond donors (Lipinski definition) is 0. The molecule has 0 aliphatic rings. The van der Waals surface area contributed by atoms with E-state index in [0.717, 1.165) is 32.2 Å². The molecule has 4 heteroatoms. The van der Waals surface area contributed by atoms with E-state index in [1.807, 2.05) is 5.70 Å². The fourth-order valence-corrected chi connectivity index (χ4v) is 3.24. The third kappa shape index (κ3) is 5.34. The number of hydrogen-bond acceptors (Lipinski definition) is 3. The van der Waals surface area contributed by atoms with Gasteiger partial charge in [-0.05, 0) is 32.2 Å².